The molecule has 0 aromatic carbocycles. The van der Waals surface area contributed by atoms with E-state index in [9.17, 15) is 4.79 Å². The smallest absolute Gasteiger partial charge is 0.229 e. The van der Waals surface area contributed by atoms with Crippen molar-refractivity contribution in [3.05, 3.63) is 0 Å². The van der Waals surface area contributed by atoms with Gasteiger partial charge in [-0.15, -0.1) is 0 Å². The van der Waals surface area contributed by atoms with Crippen molar-refractivity contribution in [2.45, 2.75) is 18.9 Å². The minimum atomic E-state index is 0.0139. The van der Waals surface area contributed by atoms with Crippen molar-refractivity contribution in [1.29, 1.82) is 0 Å². The van der Waals surface area contributed by atoms with Crippen LogP contribution in [0.4, 0.5) is 0 Å². The molecule has 2 unspecified atom stereocenters. The molecule has 3 fully saturated rings. The van der Waals surface area contributed by atoms with Crippen molar-refractivity contribution in [2.24, 2.45) is 11.8 Å². The topological polar surface area (TPSA) is 44.8 Å². The van der Waals surface area contributed by atoms with E-state index in [0.29, 0.717) is 13.2 Å². The van der Waals surface area contributed by atoms with Gasteiger partial charge in [-0.05, 0) is 25.8 Å². The second-order valence-corrected chi connectivity index (χ2v) is 6.11. The number of amides is 1. The number of hydrogen-bond acceptors (Lipinski definition) is 4. The number of carbonyl (C=O) groups is 1. The molecule has 0 spiro atoms. The Labute approximate surface area is 115 Å². The van der Waals surface area contributed by atoms with Gasteiger partial charge in [0.2, 0.25) is 5.91 Å². The Morgan fingerprint density at radius 1 is 1.21 bits per heavy atom. The molecule has 19 heavy (non-hydrogen) atoms. The highest BCUT2D eigenvalue weighted by Gasteiger charge is 2.37. The molecule has 5 heteroatoms. The van der Waals surface area contributed by atoms with Crippen LogP contribution < -0.4 is 5.32 Å². The molecular formula is C14H25N3O2. The highest BCUT2D eigenvalue weighted by Crippen LogP contribution is 2.30. The lowest BCUT2D eigenvalue weighted by Gasteiger charge is -2.36. The predicted molar refractivity (Wildman–Crippen MR) is 72.9 cm³/mol. The average Bonchev–Trinajstić information content (AvgIpc) is 3.12. The SMILES string of the molecule is CNC1COCC1C(=O)N1CCN(CC2CC2)CC1. The summed E-state index contributed by atoms with van der Waals surface area (Å²) in [5.74, 6) is 1.24. The van der Waals surface area contributed by atoms with Crippen LogP contribution in [0.5, 0.6) is 0 Å². The van der Waals surface area contributed by atoms with Crippen molar-refractivity contribution in [3.63, 3.8) is 0 Å². The summed E-state index contributed by atoms with van der Waals surface area (Å²) >= 11 is 0. The third-order valence-corrected chi connectivity index (χ3v) is 4.67. The van der Waals surface area contributed by atoms with E-state index in [1.165, 1.54) is 19.4 Å². The fourth-order valence-corrected chi connectivity index (χ4v) is 3.13. The number of carbonyl (C=O) groups excluding carboxylic acids is 1. The summed E-state index contributed by atoms with van der Waals surface area (Å²) in [6, 6.07) is 0.192. The molecule has 2 atom stereocenters. The van der Waals surface area contributed by atoms with E-state index in [4.69, 9.17) is 4.74 Å². The minimum Gasteiger partial charge on any atom is -0.379 e. The summed E-state index contributed by atoms with van der Waals surface area (Å²) < 4.78 is 5.43. The highest BCUT2D eigenvalue weighted by atomic mass is 16.5. The Morgan fingerprint density at radius 2 is 1.95 bits per heavy atom. The van der Waals surface area contributed by atoms with Crippen LogP contribution in [0.3, 0.4) is 0 Å². The Kier molecular flexibility index (Phi) is 4.05. The van der Waals surface area contributed by atoms with Gasteiger partial charge in [0.05, 0.1) is 19.1 Å². The zero-order valence-electron chi connectivity index (χ0n) is 11.8. The lowest BCUT2D eigenvalue weighted by molar-refractivity contribution is -0.137. The largest absolute Gasteiger partial charge is 0.379 e. The summed E-state index contributed by atoms with van der Waals surface area (Å²) in [7, 11) is 1.91. The molecule has 1 amide bonds. The number of nitrogens with one attached hydrogen (secondary N) is 1. The van der Waals surface area contributed by atoms with Crippen LogP contribution in [0, 0.1) is 11.8 Å². The van der Waals surface area contributed by atoms with Crippen molar-refractivity contribution in [1.82, 2.24) is 15.1 Å². The van der Waals surface area contributed by atoms with E-state index < -0.39 is 0 Å². The van der Waals surface area contributed by atoms with E-state index in [1.807, 2.05) is 11.9 Å². The number of hydrogen-bond donors (Lipinski definition) is 1. The van der Waals surface area contributed by atoms with Gasteiger partial charge in [0.25, 0.3) is 0 Å². The lowest BCUT2D eigenvalue weighted by atomic mass is 10.0. The first-order valence-electron chi connectivity index (χ1n) is 7.54. The Hall–Kier alpha value is -0.650. The molecule has 0 bridgehead atoms. The fourth-order valence-electron chi connectivity index (χ4n) is 3.13. The van der Waals surface area contributed by atoms with Crippen molar-refractivity contribution in [2.75, 3.05) is 53.0 Å². The molecule has 1 N–H and O–H groups in total. The summed E-state index contributed by atoms with van der Waals surface area (Å²) in [5, 5.41) is 3.19. The minimum absolute atomic E-state index is 0.0139. The van der Waals surface area contributed by atoms with Crippen LogP contribution >= 0.6 is 0 Å². The van der Waals surface area contributed by atoms with Crippen LogP contribution in [0.2, 0.25) is 0 Å². The second kappa shape index (κ2) is 5.77. The van der Waals surface area contributed by atoms with E-state index in [-0.39, 0.29) is 17.9 Å². The average molecular weight is 267 g/mol. The Bertz CT molecular complexity index is 325. The van der Waals surface area contributed by atoms with E-state index >= 15 is 0 Å². The van der Waals surface area contributed by atoms with Gasteiger partial charge in [-0.25, -0.2) is 0 Å². The molecule has 3 rings (SSSR count). The number of nitrogens with zero attached hydrogens (tertiary/aromatic N) is 2. The molecule has 0 aromatic heterocycles. The van der Waals surface area contributed by atoms with E-state index in [0.717, 1.165) is 32.1 Å². The molecule has 5 nitrogen and oxygen atoms in total. The van der Waals surface area contributed by atoms with Gasteiger partial charge in [-0.1, -0.05) is 0 Å². The first-order valence-corrected chi connectivity index (χ1v) is 7.54. The molecule has 2 aliphatic heterocycles. The number of likely N-dealkylation sites (N-methyl/N-ethyl adjacent to an activating group) is 1. The van der Waals surface area contributed by atoms with Crippen molar-refractivity contribution >= 4 is 5.91 Å². The van der Waals surface area contributed by atoms with Crippen LogP contribution in [-0.4, -0.2) is 74.7 Å². The standard InChI is InChI=1S/C14H25N3O2/c1-15-13-10-19-9-12(13)14(18)17-6-4-16(5-7-17)8-11-2-3-11/h11-13,15H,2-10H2,1H3. The maximum atomic E-state index is 12.5. The molecule has 2 saturated heterocycles. The van der Waals surface area contributed by atoms with Crippen LogP contribution in [0.25, 0.3) is 0 Å². The quantitative estimate of drug-likeness (QED) is 0.764. The molecular weight excluding hydrogens is 242 g/mol. The van der Waals surface area contributed by atoms with Crippen LogP contribution in [0.15, 0.2) is 0 Å². The maximum absolute atomic E-state index is 12.5. The first kappa shape index (κ1) is 13.3. The molecule has 0 aromatic rings. The van der Waals surface area contributed by atoms with Crippen molar-refractivity contribution in [3.8, 4) is 0 Å². The Morgan fingerprint density at radius 3 is 2.58 bits per heavy atom. The molecule has 0 radical (unpaired) electrons. The fraction of sp³-hybridized carbons (Fsp3) is 0.929. The van der Waals surface area contributed by atoms with Gasteiger partial charge in [0.15, 0.2) is 0 Å². The van der Waals surface area contributed by atoms with Gasteiger partial charge in [-0.2, -0.15) is 0 Å². The number of piperazine rings is 1. The zero-order valence-corrected chi connectivity index (χ0v) is 11.8. The molecule has 1 saturated carbocycles. The van der Waals surface area contributed by atoms with E-state index in [2.05, 4.69) is 10.2 Å². The van der Waals surface area contributed by atoms with Crippen molar-refractivity contribution < 1.29 is 9.53 Å². The highest BCUT2D eigenvalue weighted by molar-refractivity contribution is 5.80. The Balaban J connectivity index is 1.48. The first-order chi connectivity index (χ1) is 9.28. The molecule has 3 aliphatic rings. The maximum Gasteiger partial charge on any atom is 0.229 e. The molecule has 1 aliphatic carbocycles. The van der Waals surface area contributed by atoms with E-state index in [1.54, 1.807) is 0 Å². The van der Waals surface area contributed by atoms with Gasteiger partial charge >= 0.3 is 0 Å². The van der Waals surface area contributed by atoms with Gasteiger partial charge in [0, 0.05) is 38.8 Å². The molecule has 2 heterocycles. The van der Waals surface area contributed by atoms with Gasteiger partial charge in [0.1, 0.15) is 0 Å². The zero-order chi connectivity index (χ0) is 13.2. The van der Waals surface area contributed by atoms with Gasteiger partial charge in [-0.3, -0.25) is 9.69 Å². The summed E-state index contributed by atoms with van der Waals surface area (Å²) in [6.45, 7) is 6.34. The predicted octanol–water partition coefficient (Wildman–Crippen LogP) is -0.225. The van der Waals surface area contributed by atoms with Crippen LogP contribution in [-0.2, 0) is 9.53 Å². The third-order valence-electron chi connectivity index (χ3n) is 4.67. The van der Waals surface area contributed by atoms with Gasteiger partial charge < -0.3 is 15.0 Å². The summed E-state index contributed by atoms with van der Waals surface area (Å²) in [4.78, 5) is 17.0. The normalized spacial score (nSPS) is 32.8. The van der Waals surface area contributed by atoms with Crippen LogP contribution in [0.1, 0.15) is 12.8 Å². The summed E-state index contributed by atoms with van der Waals surface area (Å²) in [5.41, 5.74) is 0. The monoisotopic (exact) mass is 267 g/mol. The lowest BCUT2D eigenvalue weighted by Crippen LogP contribution is -2.53. The second-order valence-electron chi connectivity index (χ2n) is 6.11. The number of ether oxygens (including phenoxy) is 1. The third kappa shape index (κ3) is 3.09. The summed E-state index contributed by atoms with van der Waals surface area (Å²) in [6.07, 6.45) is 2.81. The number of rotatable bonds is 4. The molecule has 108 valence electrons.